The van der Waals surface area contributed by atoms with Crippen LogP contribution in [0, 0.1) is 5.41 Å². The predicted octanol–water partition coefficient (Wildman–Crippen LogP) is 6.12. The van der Waals surface area contributed by atoms with Crippen molar-refractivity contribution in [2.45, 2.75) is 49.6 Å². The van der Waals surface area contributed by atoms with E-state index in [-0.39, 0.29) is 12.7 Å². The van der Waals surface area contributed by atoms with Crippen molar-refractivity contribution < 1.29 is 14.3 Å². The fourth-order valence-electron chi connectivity index (χ4n) is 2.16. The predicted molar refractivity (Wildman–Crippen MR) is 115 cm³/mol. The quantitative estimate of drug-likeness (QED) is 0.171. The van der Waals surface area contributed by atoms with Crippen molar-refractivity contribution in [2.24, 2.45) is 0 Å². The minimum absolute atomic E-state index is 0.145. The lowest BCUT2D eigenvalue weighted by Gasteiger charge is -2.27. The van der Waals surface area contributed by atoms with Crippen molar-refractivity contribution in [3.63, 3.8) is 0 Å². The highest BCUT2D eigenvalue weighted by Crippen LogP contribution is 2.27. The van der Waals surface area contributed by atoms with Crippen LogP contribution in [0.15, 0.2) is 42.5 Å². The highest BCUT2D eigenvalue weighted by molar-refractivity contribution is 6.76. The van der Waals surface area contributed by atoms with Crippen LogP contribution in [0.2, 0.25) is 0 Å². The van der Waals surface area contributed by atoms with Crippen LogP contribution in [-0.2, 0) is 16.0 Å². The molecular weight excluding hydrogens is 423 g/mol. The molecule has 0 saturated heterocycles. The molecule has 1 N–H and O–H groups in total. The lowest BCUT2D eigenvalue weighted by Crippen LogP contribution is -2.37. The molecule has 1 aromatic rings. The van der Waals surface area contributed by atoms with Gasteiger partial charge in [0.05, 0.1) is 0 Å². The van der Waals surface area contributed by atoms with E-state index in [1.54, 1.807) is 11.0 Å². The van der Waals surface area contributed by atoms with Crippen LogP contribution in [-0.4, -0.2) is 39.4 Å². The minimum atomic E-state index is -1.85. The van der Waals surface area contributed by atoms with Crippen LogP contribution in [0.3, 0.4) is 0 Å². The van der Waals surface area contributed by atoms with Gasteiger partial charge in [-0.15, -0.1) is 0 Å². The second-order valence-corrected chi connectivity index (χ2v) is 9.42. The van der Waals surface area contributed by atoms with E-state index in [0.29, 0.717) is 13.1 Å². The Bertz CT molecular complexity index is 653. The molecule has 8 heteroatoms. The SMILES string of the molecule is CC(C)(C)OC(=O)N(CCC/C=C/COC(=N)C(Cl)(Cl)Cl)Cc1ccccc1. The van der Waals surface area contributed by atoms with Gasteiger partial charge in [0.2, 0.25) is 5.90 Å². The van der Waals surface area contributed by atoms with Crippen molar-refractivity contribution in [2.75, 3.05) is 13.2 Å². The topological polar surface area (TPSA) is 62.6 Å². The Hall–Kier alpha value is -1.43. The fraction of sp³-hybridized carbons (Fsp3) is 0.500. The molecule has 0 spiro atoms. The van der Waals surface area contributed by atoms with E-state index in [1.807, 2.05) is 57.2 Å². The molecule has 0 radical (unpaired) electrons. The van der Waals surface area contributed by atoms with E-state index in [1.165, 1.54) is 0 Å². The van der Waals surface area contributed by atoms with Crippen molar-refractivity contribution in [3.8, 4) is 0 Å². The smallest absolute Gasteiger partial charge is 0.410 e. The molecule has 0 bridgehead atoms. The van der Waals surface area contributed by atoms with Crippen molar-refractivity contribution in [3.05, 3.63) is 48.0 Å². The van der Waals surface area contributed by atoms with Gasteiger partial charge in [0.1, 0.15) is 12.2 Å². The molecule has 1 amide bonds. The van der Waals surface area contributed by atoms with Crippen molar-refractivity contribution in [1.82, 2.24) is 4.90 Å². The van der Waals surface area contributed by atoms with Gasteiger partial charge in [-0.25, -0.2) is 4.79 Å². The molecule has 0 heterocycles. The molecular formula is C20H27Cl3N2O3. The molecule has 0 aliphatic rings. The van der Waals surface area contributed by atoms with E-state index < -0.39 is 15.3 Å². The molecule has 0 saturated carbocycles. The van der Waals surface area contributed by atoms with Gasteiger partial charge in [0, 0.05) is 13.1 Å². The highest BCUT2D eigenvalue weighted by Gasteiger charge is 2.28. The number of carbonyl (C=O) groups excluding carboxylic acids is 1. The monoisotopic (exact) mass is 448 g/mol. The number of halogens is 3. The average molecular weight is 450 g/mol. The lowest BCUT2D eigenvalue weighted by atomic mass is 10.2. The first-order valence-electron chi connectivity index (χ1n) is 8.94. The third-order valence-corrected chi connectivity index (χ3v) is 3.93. The number of hydrogen-bond donors (Lipinski definition) is 1. The molecule has 0 aliphatic carbocycles. The number of carbonyl (C=O) groups is 1. The molecule has 1 rings (SSSR count). The number of alkyl halides is 3. The molecule has 156 valence electrons. The molecule has 0 aliphatic heterocycles. The summed E-state index contributed by atoms with van der Waals surface area (Å²) in [5, 5.41) is 7.43. The summed E-state index contributed by atoms with van der Waals surface area (Å²) in [6.07, 6.45) is 4.81. The summed E-state index contributed by atoms with van der Waals surface area (Å²) in [7, 11) is 0. The zero-order valence-electron chi connectivity index (χ0n) is 16.4. The van der Waals surface area contributed by atoms with Gasteiger partial charge in [-0.05, 0) is 39.2 Å². The second-order valence-electron chi connectivity index (χ2n) is 7.14. The molecule has 0 unspecified atom stereocenters. The molecule has 5 nitrogen and oxygen atoms in total. The van der Waals surface area contributed by atoms with E-state index in [4.69, 9.17) is 49.7 Å². The van der Waals surface area contributed by atoms with Gasteiger partial charge in [-0.3, -0.25) is 5.41 Å². The Morgan fingerprint density at radius 1 is 1.14 bits per heavy atom. The Kier molecular flexibility index (Phi) is 10.1. The van der Waals surface area contributed by atoms with E-state index >= 15 is 0 Å². The Morgan fingerprint density at radius 2 is 1.79 bits per heavy atom. The Morgan fingerprint density at radius 3 is 2.36 bits per heavy atom. The summed E-state index contributed by atoms with van der Waals surface area (Å²) in [6, 6.07) is 9.79. The zero-order chi connectivity index (χ0) is 21.2. The van der Waals surface area contributed by atoms with E-state index in [2.05, 4.69) is 0 Å². The van der Waals surface area contributed by atoms with Crippen LogP contribution in [0.4, 0.5) is 4.79 Å². The summed E-state index contributed by atoms with van der Waals surface area (Å²) in [4.78, 5) is 14.2. The summed E-state index contributed by atoms with van der Waals surface area (Å²) in [5.74, 6) is -0.416. The molecule has 1 aromatic carbocycles. The number of benzene rings is 1. The van der Waals surface area contributed by atoms with Gasteiger partial charge >= 0.3 is 6.09 Å². The summed E-state index contributed by atoms with van der Waals surface area (Å²) >= 11 is 16.6. The normalized spacial score (nSPS) is 12.1. The van der Waals surface area contributed by atoms with Crippen LogP contribution in [0.1, 0.15) is 39.2 Å². The van der Waals surface area contributed by atoms with E-state index in [0.717, 1.165) is 18.4 Å². The van der Waals surface area contributed by atoms with Crippen molar-refractivity contribution in [1.29, 1.82) is 5.41 Å². The maximum Gasteiger partial charge on any atom is 0.410 e. The van der Waals surface area contributed by atoms with Gasteiger partial charge in [0.25, 0.3) is 3.79 Å². The third kappa shape index (κ3) is 10.8. The maximum atomic E-state index is 12.5. The number of unbranched alkanes of at least 4 members (excludes halogenated alkanes) is 1. The van der Waals surface area contributed by atoms with Gasteiger partial charge in [0.15, 0.2) is 0 Å². The number of nitrogens with one attached hydrogen (secondary N) is 1. The number of allylic oxidation sites excluding steroid dienone is 1. The number of hydrogen-bond acceptors (Lipinski definition) is 4. The lowest BCUT2D eigenvalue weighted by molar-refractivity contribution is 0.0232. The molecule has 0 fully saturated rings. The second kappa shape index (κ2) is 11.5. The summed E-state index contributed by atoms with van der Waals surface area (Å²) < 4.78 is 8.69. The number of ether oxygens (including phenoxy) is 2. The highest BCUT2D eigenvalue weighted by atomic mass is 35.6. The fourth-order valence-corrected chi connectivity index (χ4v) is 2.33. The zero-order valence-corrected chi connectivity index (χ0v) is 18.7. The first-order valence-corrected chi connectivity index (χ1v) is 10.1. The van der Waals surface area contributed by atoms with Gasteiger partial charge < -0.3 is 14.4 Å². The molecule has 0 atom stereocenters. The third-order valence-electron chi connectivity index (χ3n) is 3.41. The molecule has 0 aromatic heterocycles. The van der Waals surface area contributed by atoms with E-state index in [9.17, 15) is 4.79 Å². The summed E-state index contributed by atoms with van der Waals surface area (Å²) in [5.41, 5.74) is 0.499. The largest absolute Gasteiger partial charge is 0.474 e. The van der Waals surface area contributed by atoms with Crippen molar-refractivity contribution >= 4 is 46.8 Å². The van der Waals surface area contributed by atoms with Crippen LogP contribution < -0.4 is 0 Å². The number of amides is 1. The first kappa shape index (κ1) is 24.6. The number of rotatable bonds is 8. The van der Waals surface area contributed by atoms with Crippen LogP contribution in [0.25, 0.3) is 0 Å². The Balaban J connectivity index is 2.49. The van der Waals surface area contributed by atoms with Crippen LogP contribution in [0.5, 0.6) is 0 Å². The Labute approximate surface area is 182 Å². The maximum absolute atomic E-state index is 12.5. The number of nitrogens with zero attached hydrogens (tertiary/aromatic N) is 1. The molecule has 28 heavy (non-hydrogen) atoms. The van der Waals surface area contributed by atoms with Gasteiger partial charge in [-0.2, -0.15) is 0 Å². The standard InChI is InChI=1S/C20H27Cl3N2O3/c1-19(2,3)28-18(26)25(15-16-11-7-6-8-12-16)13-9-4-5-10-14-27-17(24)20(21,22)23/h5-8,10-12,24H,4,9,13-15H2,1-3H3/b10-5+,24-17?. The average Bonchev–Trinajstić information content (AvgIpc) is 2.58. The minimum Gasteiger partial charge on any atom is -0.474 e. The first-order chi connectivity index (χ1) is 13.0. The summed E-state index contributed by atoms with van der Waals surface area (Å²) in [6.45, 7) is 6.74. The van der Waals surface area contributed by atoms with Crippen LogP contribution >= 0.6 is 34.8 Å². The van der Waals surface area contributed by atoms with Gasteiger partial charge in [-0.1, -0.05) is 77.3 Å².